The van der Waals surface area contributed by atoms with Crippen molar-refractivity contribution in [2.24, 2.45) is 0 Å². The number of carbonyl (C=O) groups excluding carboxylic acids is 1. The number of nitrogens with one attached hydrogen (secondary N) is 1. The van der Waals surface area contributed by atoms with Gasteiger partial charge < -0.3 is 5.32 Å². The first-order valence-electron chi connectivity index (χ1n) is 11.0. The molecule has 1 atom stereocenters. The molecule has 1 fully saturated rings. The zero-order chi connectivity index (χ0) is 23.4. The summed E-state index contributed by atoms with van der Waals surface area (Å²) >= 11 is 6.17. The Bertz CT molecular complexity index is 1180. The van der Waals surface area contributed by atoms with Crippen molar-refractivity contribution in [1.29, 1.82) is 0 Å². The molecule has 0 radical (unpaired) electrons. The third-order valence-corrected chi connectivity index (χ3v) is 8.51. The summed E-state index contributed by atoms with van der Waals surface area (Å²) in [7, 11) is -3.71. The van der Waals surface area contributed by atoms with Gasteiger partial charge in [-0.1, -0.05) is 78.3 Å². The minimum Gasteiger partial charge on any atom is -0.351 e. The maximum absolute atomic E-state index is 13.4. The van der Waals surface area contributed by atoms with Crippen LogP contribution in [-0.4, -0.2) is 37.8 Å². The Morgan fingerprint density at radius 2 is 1.58 bits per heavy atom. The smallest absolute Gasteiger partial charge is 0.243 e. The van der Waals surface area contributed by atoms with Crippen LogP contribution in [0.2, 0.25) is 5.02 Å². The molecule has 4 rings (SSSR count). The number of halogens is 1. The Kier molecular flexibility index (Phi) is 7.17. The van der Waals surface area contributed by atoms with Crippen molar-refractivity contribution in [2.75, 3.05) is 13.1 Å². The molecule has 7 heteroatoms. The SMILES string of the molecule is Cc1c(Cl)cccc1S(=O)(=O)N1CCC[C@H](NC(=O)C(c2ccccc2)c2ccccc2)C1. The first-order valence-corrected chi connectivity index (χ1v) is 12.9. The summed E-state index contributed by atoms with van der Waals surface area (Å²) in [6.07, 6.45) is 1.40. The van der Waals surface area contributed by atoms with Gasteiger partial charge in [0.25, 0.3) is 0 Å². The van der Waals surface area contributed by atoms with Crippen molar-refractivity contribution in [3.63, 3.8) is 0 Å². The Hall–Kier alpha value is -2.67. The molecule has 0 aliphatic carbocycles. The van der Waals surface area contributed by atoms with Crippen LogP contribution >= 0.6 is 11.6 Å². The van der Waals surface area contributed by atoms with Crippen LogP contribution in [-0.2, 0) is 14.8 Å². The predicted molar refractivity (Wildman–Crippen MR) is 131 cm³/mol. The highest BCUT2D eigenvalue weighted by Crippen LogP contribution is 2.29. The highest BCUT2D eigenvalue weighted by Gasteiger charge is 2.33. The number of nitrogens with zero attached hydrogens (tertiary/aromatic N) is 1. The second-order valence-corrected chi connectivity index (χ2v) is 10.6. The van der Waals surface area contributed by atoms with Crippen molar-refractivity contribution < 1.29 is 13.2 Å². The molecule has 0 spiro atoms. The average molecular weight is 483 g/mol. The molecular weight excluding hydrogens is 456 g/mol. The van der Waals surface area contributed by atoms with Crippen molar-refractivity contribution in [3.05, 3.63) is 101 Å². The number of sulfonamides is 1. The number of carbonyl (C=O) groups is 1. The van der Waals surface area contributed by atoms with Crippen LogP contribution in [0.4, 0.5) is 0 Å². The fourth-order valence-electron chi connectivity index (χ4n) is 4.36. The van der Waals surface area contributed by atoms with Gasteiger partial charge in [-0.2, -0.15) is 4.31 Å². The number of amides is 1. The first kappa shape index (κ1) is 23.5. The Morgan fingerprint density at radius 3 is 2.18 bits per heavy atom. The van der Waals surface area contributed by atoms with Gasteiger partial charge in [0.05, 0.1) is 10.8 Å². The number of hydrogen-bond donors (Lipinski definition) is 1. The van der Waals surface area contributed by atoms with Crippen molar-refractivity contribution >= 4 is 27.5 Å². The zero-order valence-electron chi connectivity index (χ0n) is 18.4. The number of piperidine rings is 1. The summed E-state index contributed by atoms with van der Waals surface area (Å²) in [5, 5.41) is 3.55. The second-order valence-electron chi connectivity index (χ2n) is 8.33. The van der Waals surface area contributed by atoms with Crippen molar-refractivity contribution in [2.45, 2.75) is 36.6 Å². The second kappa shape index (κ2) is 10.1. The molecule has 1 N–H and O–H groups in total. The van der Waals surface area contributed by atoms with E-state index in [9.17, 15) is 13.2 Å². The van der Waals surface area contributed by atoms with Crippen LogP contribution in [0.15, 0.2) is 83.8 Å². The van der Waals surface area contributed by atoms with E-state index in [4.69, 9.17) is 11.6 Å². The van der Waals surface area contributed by atoms with Gasteiger partial charge in [-0.15, -0.1) is 0 Å². The summed E-state index contributed by atoms with van der Waals surface area (Å²) < 4.78 is 28.1. The largest absolute Gasteiger partial charge is 0.351 e. The summed E-state index contributed by atoms with van der Waals surface area (Å²) in [4.78, 5) is 13.7. The third kappa shape index (κ3) is 5.13. The monoisotopic (exact) mass is 482 g/mol. The molecule has 5 nitrogen and oxygen atoms in total. The normalized spacial score (nSPS) is 17.1. The quantitative estimate of drug-likeness (QED) is 0.551. The molecule has 0 aromatic heterocycles. The van der Waals surface area contributed by atoms with E-state index in [-0.39, 0.29) is 23.4 Å². The fraction of sp³-hybridized carbons (Fsp3) is 0.269. The van der Waals surface area contributed by atoms with Crippen LogP contribution < -0.4 is 5.32 Å². The van der Waals surface area contributed by atoms with E-state index in [1.165, 1.54) is 4.31 Å². The number of benzene rings is 3. The molecule has 0 bridgehead atoms. The van der Waals surface area contributed by atoms with E-state index >= 15 is 0 Å². The third-order valence-electron chi connectivity index (χ3n) is 6.09. The minimum absolute atomic E-state index is 0.129. The summed E-state index contributed by atoms with van der Waals surface area (Å²) in [5.41, 5.74) is 2.34. The number of hydrogen-bond acceptors (Lipinski definition) is 3. The van der Waals surface area contributed by atoms with Crippen LogP contribution in [0.3, 0.4) is 0 Å². The maximum atomic E-state index is 13.4. The van der Waals surface area contributed by atoms with Crippen LogP contribution in [0.1, 0.15) is 35.4 Å². The molecule has 172 valence electrons. The molecular formula is C26H27ClN2O3S. The fourth-order valence-corrected chi connectivity index (χ4v) is 6.36. The van der Waals surface area contributed by atoms with E-state index in [1.54, 1.807) is 25.1 Å². The van der Waals surface area contributed by atoms with E-state index in [1.807, 2.05) is 60.7 Å². The van der Waals surface area contributed by atoms with Crippen LogP contribution in [0.25, 0.3) is 0 Å². The lowest BCUT2D eigenvalue weighted by Crippen LogP contribution is -2.50. The molecule has 33 heavy (non-hydrogen) atoms. The van der Waals surface area contributed by atoms with Crippen LogP contribution in [0.5, 0.6) is 0 Å². The summed E-state index contributed by atoms with van der Waals surface area (Å²) in [6, 6.07) is 23.9. The van der Waals surface area contributed by atoms with Gasteiger partial charge in [0, 0.05) is 24.2 Å². The van der Waals surface area contributed by atoms with Crippen LogP contribution in [0, 0.1) is 6.92 Å². The average Bonchev–Trinajstić information content (AvgIpc) is 2.82. The zero-order valence-corrected chi connectivity index (χ0v) is 20.0. The van der Waals surface area contributed by atoms with E-state index < -0.39 is 15.9 Å². The van der Waals surface area contributed by atoms with Gasteiger partial charge in [0.1, 0.15) is 0 Å². The van der Waals surface area contributed by atoms with Gasteiger partial charge in [-0.3, -0.25) is 4.79 Å². The lowest BCUT2D eigenvalue weighted by atomic mass is 9.90. The van der Waals surface area contributed by atoms with Gasteiger partial charge in [0.15, 0.2) is 0 Å². The molecule has 3 aromatic carbocycles. The highest BCUT2D eigenvalue weighted by atomic mass is 35.5. The minimum atomic E-state index is -3.71. The van der Waals surface area contributed by atoms with Crippen molar-refractivity contribution in [1.82, 2.24) is 9.62 Å². The Morgan fingerprint density at radius 1 is 0.970 bits per heavy atom. The van der Waals surface area contributed by atoms with Gasteiger partial charge >= 0.3 is 0 Å². The lowest BCUT2D eigenvalue weighted by Gasteiger charge is -2.33. The Balaban J connectivity index is 1.55. The van der Waals surface area contributed by atoms with Gasteiger partial charge in [-0.25, -0.2) is 8.42 Å². The molecule has 1 amide bonds. The van der Waals surface area contributed by atoms with E-state index in [2.05, 4.69) is 5.32 Å². The predicted octanol–water partition coefficient (Wildman–Crippen LogP) is 4.75. The molecule has 0 unspecified atom stereocenters. The molecule has 1 aliphatic rings. The molecule has 1 heterocycles. The lowest BCUT2D eigenvalue weighted by molar-refractivity contribution is -0.122. The van der Waals surface area contributed by atoms with E-state index in [0.717, 1.165) is 17.5 Å². The molecule has 1 aliphatic heterocycles. The first-order chi connectivity index (χ1) is 15.9. The Labute approximate surface area is 200 Å². The molecule has 0 saturated carbocycles. The topological polar surface area (TPSA) is 66.5 Å². The maximum Gasteiger partial charge on any atom is 0.243 e. The summed E-state index contributed by atoms with van der Waals surface area (Å²) in [6.45, 7) is 2.36. The molecule has 3 aromatic rings. The van der Waals surface area contributed by atoms with Crippen molar-refractivity contribution in [3.8, 4) is 0 Å². The van der Waals surface area contributed by atoms with Gasteiger partial charge in [-0.05, 0) is 48.6 Å². The highest BCUT2D eigenvalue weighted by molar-refractivity contribution is 7.89. The standard InChI is InChI=1S/C26H27ClN2O3S/c1-19-23(27)15-8-16-24(19)33(31,32)29-17-9-14-22(18-29)28-26(30)25(20-10-4-2-5-11-20)21-12-6-3-7-13-21/h2-8,10-13,15-16,22,25H,9,14,17-18H2,1H3,(H,28,30)/t22-/m0/s1. The van der Waals surface area contributed by atoms with E-state index in [0.29, 0.717) is 23.6 Å². The van der Waals surface area contributed by atoms with Gasteiger partial charge in [0.2, 0.25) is 15.9 Å². The summed E-state index contributed by atoms with van der Waals surface area (Å²) in [5.74, 6) is -0.592. The molecule has 1 saturated heterocycles. The number of rotatable bonds is 6.